The monoisotopic (exact) mass is 1270 g/mol. The molecule has 0 aromatic rings. The number of carboxylic acids is 1. The Morgan fingerprint density at radius 2 is 0.626 bits per heavy atom. The van der Waals surface area contributed by atoms with Gasteiger partial charge in [0.2, 0.25) is 0 Å². The van der Waals surface area contributed by atoms with Crippen molar-refractivity contribution in [2.24, 2.45) is 0 Å². The standard InChI is InChI=1S/C82H143NO8/c1-6-8-10-12-14-16-18-20-22-24-26-28-30-32-34-36-37-38-39-40-41-42-43-45-47-49-51-53-55-57-59-61-63-65-67-69-71-73-80(85)91-78(77-90-82(81(86)87)88-75-74-83(3,4)5)76-89-79(84)72-70-68-66-64-62-60-58-56-54-52-50-48-46-44-35-33-31-29-27-25-23-21-19-17-15-13-11-9-7-2/h8,10,14,16,20,22,25-28,32,34,37-38,40-41,43,45,78,82H,6-7,9,11-13,15,17-19,21,23-24,29-31,33,35-36,39,42,44,46-77H2,1-5H3/b10-8-,16-14-,22-20-,27-25-,28-26-,34-32-,38-37-,41-40-,45-43-. The summed E-state index contributed by atoms with van der Waals surface area (Å²) in [6.45, 7) is 4.67. The average molecular weight is 1270 g/mol. The topological polar surface area (TPSA) is 111 Å². The van der Waals surface area contributed by atoms with Crippen molar-refractivity contribution in [2.45, 2.75) is 347 Å². The predicted octanol–water partition coefficient (Wildman–Crippen LogP) is 22.8. The fourth-order valence-corrected chi connectivity index (χ4v) is 10.7. The van der Waals surface area contributed by atoms with E-state index >= 15 is 0 Å². The molecule has 0 bridgehead atoms. The zero-order valence-electron chi connectivity index (χ0n) is 59.9. The number of carbonyl (C=O) groups is 3. The number of carboxylic acid groups (broad SMARTS) is 1. The third kappa shape index (κ3) is 73.2. The smallest absolute Gasteiger partial charge is 0.306 e. The summed E-state index contributed by atoms with van der Waals surface area (Å²) in [5.41, 5.74) is 0. The van der Waals surface area contributed by atoms with Gasteiger partial charge in [-0.2, -0.15) is 0 Å². The molecule has 0 aliphatic carbocycles. The van der Waals surface area contributed by atoms with Crippen molar-refractivity contribution in [1.82, 2.24) is 0 Å². The van der Waals surface area contributed by atoms with Crippen molar-refractivity contribution in [3.63, 3.8) is 0 Å². The molecular formula is C82H143NO8. The minimum absolute atomic E-state index is 0.145. The normalized spacial score (nSPS) is 13.3. The van der Waals surface area contributed by atoms with Crippen LogP contribution in [-0.2, 0) is 33.3 Å². The van der Waals surface area contributed by atoms with E-state index in [1.807, 2.05) is 21.1 Å². The number of ether oxygens (including phenoxy) is 4. The van der Waals surface area contributed by atoms with Gasteiger partial charge in [0.15, 0.2) is 12.4 Å². The Hall–Kier alpha value is -4.05. The second-order valence-electron chi connectivity index (χ2n) is 26.6. The third-order valence-electron chi connectivity index (χ3n) is 16.5. The summed E-state index contributed by atoms with van der Waals surface area (Å²) in [6.07, 6.45) is 97.6. The highest BCUT2D eigenvalue weighted by molar-refractivity contribution is 5.70. The number of nitrogens with zero attached hydrogens (tertiary/aromatic N) is 1. The van der Waals surface area contributed by atoms with E-state index in [0.717, 1.165) is 89.9 Å². The molecule has 0 spiro atoms. The molecule has 0 N–H and O–H groups in total. The Morgan fingerprint density at radius 3 is 0.945 bits per heavy atom. The van der Waals surface area contributed by atoms with Crippen LogP contribution in [0, 0.1) is 0 Å². The van der Waals surface area contributed by atoms with Crippen LogP contribution in [0.15, 0.2) is 109 Å². The Bertz CT molecular complexity index is 1870. The molecule has 9 heteroatoms. The van der Waals surface area contributed by atoms with Crippen LogP contribution in [0.5, 0.6) is 0 Å². The maximum Gasteiger partial charge on any atom is 0.306 e. The van der Waals surface area contributed by atoms with Gasteiger partial charge in [-0.3, -0.25) is 9.59 Å². The van der Waals surface area contributed by atoms with Crippen molar-refractivity contribution in [1.29, 1.82) is 0 Å². The summed E-state index contributed by atoms with van der Waals surface area (Å²) in [5.74, 6) is -2.27. The molecule has 0 saturated carbocycles. The van der Waals surface area contributed by atoms with E-state index in [2.05, 4.69) is 123 Å². The zero-order chi connectivity index (χ0) is 66.1. The minimum Gasteiger partial charge on any atom is -0.545 e. The molecule has 0 aromatic heterocycles. The molecule has 2 atom stereocenters. The van der Waals surface area contributed by atoms with Gasteiger partial charge in [0.25, 0.3) is 0 Å². The molecule has 91 heavy (non-hydrogen) atoms. The van der Waals surface area contributed by atoms with E-state index in [0.29, 0.717) is 23.9 Å². The number of esters is 2. The highest BCUT2D eigenvalue weighted by atomic mass is 16.7. The van der Waals surface area contributed by atoms with Gasteiger partial charge < -0.3 is 33.3 Å². The molecule has 2 unspecified atom stereocenters. The van der Waals surface area contributed by atoms with Crippen LogP contribution in [0.3, 0.4) is 0 Å². The number of aliphatic carboxylic acids is 1. The first-order valence-corrected chi connectivity index (χ1v) is 38.0. The van der Waals surface area contributed by atoms with Crippen molar-refractivity contribution >= 4 is 17.9 Å². The molecule has 0 amide bonds. The molecule has 0 fully saturated rings. The summed E-state index contributed by atoms with van der Waals surface area (Å²) >= 11 is 0. The summed E-state index contributed by atoms with van der Waals surface area (Å²) in [6, 6.07) is 0. The van der Waals surface area contributed by atoms with Crippen LogP contribution < -0.4 is 5.11 Å². The number of allylic oxidation sites excluding steroid dienone is 18. The van der Waals surface area contributed by atoms with Gasteiger partial charge in [0.05, 0.1) is 40.3 Å². The van der Waals surface area contributed by atoms with E-state index in [1.54, 1.807) is 0 Å². The fraction of sp³-hybridized carbons (Fsp3) is 0.744. The van der Waals surface area contributed by atoms with Crippen LogP contribution in [0.25, 0.3) is 0 Å². The highest BCUT2D eigenvalue weighted by Gasteiger charge is 2.22. The average Bonchev–Trinajstić information content (AvgIpc) is 3.50. The van der Waals surface area contributed by atoms with Crippen molar-refractivity contribution in [2.75, 3.05) is 47.5 Å². The van der Waals surface area contributed by atoms with Gasteiger partial charge >= 0.3 is 11.9 Å². The lowest BCUT2D eigenvalue weighted by atomic mass is 10.0. The lowest BCUT2D eigenvalue weighted by molar-refractivity contribution is -0.870. The van der Waals surface area contributed by atoms with E-state index < -0.39 is 24.3 Å². The second-order valence-corrected chi connectivity index (χ2v) is 26.6. The highest BCUT2D eigenvalue weighted by Crippen LogP contribution is 2.18. The predicted molar refractivity (Wildman–Crippen MR) is 389 cm³/mol. The Balaban J connectivity index is 4.09. The summed E-state index contributed by atoms with van der Waals surface area (Å²) in [7, 11) is 5.94. The molecule has 0 radical (unpaired) electrons. The number of carbonyl (C=O) groups excluding carboxylic acids is 3. The number of hydrogen-bond acceptors (Lipinski definition) is 8. The summed E-state index contributed by atoms with van der Waals surface area (Å²) < 4.78 is 22.8. The molecule has 0 aliphatic heterocycles. The van der Waals surface area contributed by atoms with Crippen molar-refractivity contribution < 1.29 is 42.9 Å². The van der Waals surface area contributed by atoms with E-state index in [9.17, 15) is 19.5 Å². The van der Waals surface area contributed by atoms with Gasteiger partial charge in [-0.25, -0.2) is 0 Å². The SMILES string of the molecule is CC/C=C\C/C=C\C/C=C\C/C=C\C/C=C\C/C=C\C/C=C\C/C=C\CCCCCCCCCCCCCCC(=O)OC(COC(=O)CCCCCCCCCCCCCCCCCCC/C=C\CCCCCCCCCC)COC(OCC[N+](C)(C)C)C(=O)[O-]. The minimum atomic E-state index is -1.63. The Kier molecular flexibility index (Phi) is 68.6. The van der Waals surface area contributed by atoms with Gasteiger partial charge in [0.1, 0.15) is 13.2 Å². The first kappa shape index (κ1) is 87.0. The van der Waals surface area contributed by atoms with E-state index in [4.69, 9.17) is 18.9 Å². The molecule has 0 heterocycles. The molecule has 9 nitrogen and oxygen atoms in total. The molecule has 0 rings (SSSR count). The lowest BCUT2D eigenvalue weighted by Gasteiger charge is -2.26. The number of quaternary nitrogens is 1. The lowest BCUT2D eigenvalue weighted by Crippen LogP contribution is -2.44. The summed E-state index contributed by atoms with van der Waals surface area (Å²) in [4.78, 5) is 37.6. The van der Waals surface area contributed by atoms with E-state index in [1.165, 1.54) is 212 Å². The van der Waals surface area contributed by atoms with Gasteiger partial charge in [-0.15, -0.1) is 0 Å². The summed E-state index contributed by atoms with van der Waals surface area (Å²) in [5, 5.41) is 11.8. The fourth-order valence-electron chi connectivity index (χ4n) is 10.7. The van der Waals surface area contributed by atoms with Crippen LogP contribution >= 0.6 is 0 Å². The number of unbranched alkanes of at least 4 members (excludes halogenated alkanes) is 37. The molecule has 0 aromatic carbocycles. The third-order valence-corrected chi connectivity index (χ3v) is 16.5. The maximum atomic E-state index is 13.0. The van der Waals surface area contributed by atoms with Crippen molar-refractivity contribution in [3.8, 4) is 0 Å². The Labute approximate surface area is 562 Å². The Morgan fingerprint density at radius 1 is 0.341 bits per heavy atom. The van der Waals surface area contributed by atoms with Gasteiger partial charge in [-0.1, -0.05) is 329 Å². The molecule has 0 aliphatic rings. The molecule has 524 valence electrons. The van der Waals surface area contributed by atoms with E-state index in [-0.39, 0.29) is 32.2 Å². The van der Waals surface area contributed by atoms with Crippen molar-refractivity contribution in [3.05, 3.63) is 109 Å². The molecular weight excluding hydrogens is 1130 g/mol. The van der Waals surface area contributed by atoms with Gasteiger partial charge in [-0.05, 0) is 103 Å². The maximum absolute atomic E-state index is 13.0. The largest absolute Gasteiger partial charge is 0.545 e. The molecule has 0 saturated heterocycles. The quantitative estimate of drug-likeness (QED) is 0.0195. The number of rotatable bonds is 70. The number of likely N-dealkylation sites (N-methyl/N-ethyl adjacent to an activating group) is 1. The first-order chi connectivity index (χ1) is 44.6. The first-order valence-electron chi connectivity index (χ1n) is 38.0. The van der Waals surface area contributed by atoms with Crippen LogP contribution in [0.2, 0.25) is 0 Å². The van der Waals surface area contributed by atoms with Crippen LogP contribution in [-0.4, -0.2) is 82.3 Å². The van der Waals surface area contributed by atoms with Gasteiger partial charge in [0, 0.05) is 12.8 Å². The second kappa shape index (κ2) is 71.8. The van der Waals surface area contributed by atoms with Crippen LogP contribution in [0.1, 0.15) is 335 Å². The number of hydrogen-bond donors (Lipinski definition) is 0. The van der Waals surface area contributed by atoms with Crippen LogP contribution in [0.4, 0.5) is 0 Å². The zero-order valence-corrected chi connectivity index (χ0v) is 59.9.